The zero-order valence-corrected chi connectivity index (χ0v) is 25.5. The van der Waals surface area contributed by atoms with Crippen molar-refractivity contribution in [2.75, 3.05) is 24.5 Å². The summed E-state index contributed by atoms with van der Waals surface area (Å²) in [6, 6.07) is 7.08. The van der Waals surface area contributed by atoms with Crippen LogP contribution in [0.15, 0.2) is 44.9 Å². The van der Waals surface area contributed by atoms with Crippen molar-refractivity contribution in [1.29, 1.82) is 0 Å². The summed E-state index contributed by atoms with van der Waals surface area (Å²) >= 11 is 18.6. The predicted molar refractivity (Wildman–Crippen MR) is 158 cm³/mol. The minimum atomic E-state index is -3.91. The van der Waals surface area contributed by atoms with E-state index in [1.807, 2.05) is 11.9 Å². The van der Waals surface area contributed by atoms with E-state index in [4.69, 9.17) is 34.8 Å². The van der Waals surface area contributed by atoms with E-state index >= 15 is 0 Å². The van der Waals surface area contributed by atoms with Gasteiger partial charge in [-0.3, -0.25) is 14.5 Å². The number of hydrogen-bond donors (Lipinski definition) is 2. The molecule has 0 radical (unpaired) electrons. The van der Waals surface area contributed by atoms with Crippen LogP contribution in [0.3, 0.4) is 0 Å². The van der Waals surface area contributed by atoms with Crippen LogP contribution in [0, 0.1) is 6.92 Å². The second-order valence-corrected chi connectivity index (χ2v) is 12.3. The van der Waals surface area contributed by atoms with Crippen molar-refractivity contribution in [2.45, 2.75) is 48.5 Å². The van der Waals surface area contributed by atoms with Crippen LogP contribution in [0.25, 0.3) is 0 Å². The Hall–Kier alpha value is -2.99. The maximum Gasteiger partial charge on any atom is 0.362 e. The summed E-state index contributed by atoms with van der Waals surface area (Å²) in [5, 5.41) is 7.55. The van der Waals surface area contributed by atoms with Crippen molar-refractivity contribution in [3.8, 4) is 5.75 Å². The number of anilines is 1. The lowest BCUT2D eigenvalue weighted by Gasteiger charge is -2.35. The van der Waals surface area contributed by atoms with Gasteiger partial charge in [0, 0.05) is 42.5 Å². The predicted octanol–water partition coefficient (Wildman–Crippen LogP) is 6.94. The molecule has 8 nitrogen and oxygen atoms in total. The number of aromatic nitrogens is 1. The number of aromatic hydroxyl groups is 1. The molecule has 2 N–H and O–H groups in total. The molecule has 0 bridgehead atoms. The molecule has 42 heavy (non-hydrogen) atoms. The Morgan fingerprint density at radius 2 is 1.83 bits per heavy atom. The number of hydrogen-bond acceptors (Lipinski definition) is 5. The van der Waals surface area contributed by atoms with Gasteiger partial charge in [0.05, 0.1) is 15.7 Å². The summed E-state index contributed by atoms with van der Waals surface area (Å²) in [6.07, 6.45) is 0.732. The minimum absolute atomic E-state index is 0.0483. The van der Waals surface area contributed by atoms with Gasteiger partial charge in [0.2, 0.25) is 0 Å². The monoisotopic (exact) mass is 656 g/mol. The van der Waals surface area contributed by atoms with Crippen molar-refractivity contribution in [3.63, 3.8) is 0 Å². The second-order valence-electron chi connectivity index (χ2n) is 9.94. The number of rotatable bonds is 6. The van der Waals surface area contributed by atoms with Crippen LogP contribution in [0.2, 0.25) is 10.0 Å². The number of urea groups is 1. The lowest BCUT2D eigenvalue weighted by molar-refractivity contribution is 0.0740. The van der Waals surface area contributed by atoms with Crippen LogP contribution < -0.4 is 10.5 Å². The molecule has 0 aliphatic carbocycles. The Labute approximate surface area is 259 Å². The smallest absolute Gasteiger partial charge is 0.362 e. The highest BCUT2D eigenvalue weighted by Gasteiger charge is 2.36. The van der Waals surface area contributed by atoms with Gasteiger partial charge in [-0.25, -0.2) is 4.79 Å². The maximum absolute atomic E-state index is 14.1. The van der Waals surface area contributed by atoms with Crippen molar-refractivity contribution >= 4 is 64.2 Å². The first kappa shape index (κ1) is 30.5. The number of benzene rings is 2. The lowest BCUT2D eigenvalue weighted by atomic mass is 10.0. The van der Waals surface area contributed by atoms with Gasteiger partial charge in [-0.05, 0) is 72.8 Å². The van der Waals surface area contributed by atoms with Crippen molar-refractivity contribution in [2.24, 2.45) is 0 Å². The topological polar surface area (TPSA) is 96.9 Å². The number of fused-ring (bicyclic) bond motifs is 1. The summed E-state index contributed by atoms with van der Waals surface area (Å²) < 4.78 is 28.1. The number of H-pyrrole nitrogens is 1. The third-order valence-electron chi connectivity index (χ3n) is 7.38. The first-order valence-electron chi connectivity index (χ1n) is 13.0. The summed E-state index contributed by atoms with van der Waals surface area (Å²) in [5.41, 5.74) is -0.121. The van der Waals surface area contributed by atoms with Crippen molar-refractivity contribution in [3.05, 3.63) is 78.7 Å². The number of nitrogens with zero attached hydrogens (tertiary/aromatic N) is 3. The molecule has 14 heteroatoms. The fraction of sp³-hybridized carbons (Fsp3) is 0.321. The van der Waals surface area contributed by atoms with Crippen LogP contribution in [0.5, 0.6) is 5.75 Å². The molecule has 3 amide bonds. The van der Waals surface area contributed by atoms with Crippen LogP contribution in [0.4, 0.5) is 19.3 Å². The maximum atomic E-state index is 14.1. The Kier molecular flexibility index (Phi) is 8.41. The molecule has 0 spiro atoms. The minimum Gasteiger partial charge on any atom is -0.505 e. The molecule has 222 valence electrons. The van der Waals surface area contributed by atoms with Crippen LogP contribution >= 0.6 is 46.6 Å². The standard InChI is InChI=1S/C28H25Cl3F2N4O4S/c1-3-35-8-5-9-37(27(35)41)19-10-15-12-36(13-16(15)14(2)23(19)38)26(40)22-20(11-21(28(31,32)33)34-25(22)39)42-24-17(29)6-4-7-18(24)30/h4,6-7,10-11,38H,3,5,8-9,12-13H2,1-2H3,(H,34,39). The average Bonchev–Trinajstić information content (AvgIpc) is 3.37. The highest BCUT2D eigenvalue weighted by atomic mass is 35.5. The lowest BCUT2D eigenvalue weighted by Crippen LogP contribution is -2.49. The van der Waals surface area contributed by atoms with E-state index in [1.54, 1.807) is 24.0 Å². The summed E-state index contributed by atoms with van der Waals surface area (Å²) in [6.45, 7) is 5.28. The number of alkyl halides is 3. The van der Waals surface area contributed by atoms with Crippen LogP contribution in [-0.2, 0) is 18.5 Å². The fourth-order valence-corrected chi connectivity index (χ4v) is 6.92. The normalized spacial score (nSPS) is 15.4. The number of carbonyl (C=O) groups excluding carboxylic acids is 2. The van der Waals surface area contributed by atoms with Gasteiger partial charge in [0.25, 0.3) is 11.5 Å². The third-order valence-corrected chi connectivity index (χ3v) is 9.62. The van der Waals surface area contributed by atoms with Crippen molar-refractivity contribution < 1.29 is 23.5 Å². The number of halogens is 5. The van der Waals surface area contributed by atoms with E-state index in [9.17, 15) is 28.3 Å². The first-order valence-corrected chi connectivity index (χ1v) is 14.9. The Morgan fingerprint density at radius 1 is 1.14 bits per heavy atom. The van der Waals surface area contributed by atoms with E-state index in [2.05, 4.69) is 0 Å². The zero-order valence-electron chi connectivity index (χ0n) is 22.4. The van der Waals surface area contributed by atoms with E-state index in [0.29, 0.717) is 42.0 Å². The van der Waals surface area contributed by atoms with E-state index in [1.165, 1.54) is 21.9 Å². The zero-order chi connectivity index (χ0) is 30.5. The van der Waals surface area contributed by atoms with Gasteiger partial charge in [-0.15, -0.1) is 0 Å². The molecule has 3 aromatic rings. The molecule has 3 heterocycles. The SMILES string of the molecule is CCN1CCCN(c2cc3c(c(C)c2O)CN(C(=O)c2c(Sc4c(Cl)cccc4Cl)cc(C(F)(F)Cl)[nH]c2=O)C3)C1=O. The number of carbonyl (C=O) groups is 2. The summed E-state index contributed by atoms with van der Waals surface area (Å²) in [4.78, 5) is 46.8. The largest absolute Gasteiger partial charge is 0.505 e. The molecule has 0 saturated carbocycles. The molecule has 2 aliphatic rings. The molecule has 1 fully saturated rings. The molecular formula is C28H25Cl3F2N4O4S. The van der Waals surface area contributed by atoms with E-state index in [0.717, 1.165) is 24.2 Å². The molecule has 2 aromatic carbocycles. The van der Waals surface area contributed by atoms with Crippen LogP contribution in [0.1, 0.15) is 46.1 Å². The van der Waals surface area contributed by atoms with Gasteiger partial charge in [-0.2, -0.15) is 8.78 Å². The average molecular weight is 658 g/mol. The van der Waals surface area contributed by atoms with Gasteiger partial charge in [-0.1, -0.05) is 41.0 Å². The highest BCUT2D eigenvalue weighted by molar-refractivity contribution is 7.99. The Morgan fingerprint density at radius 3 is 2.48 bits per heavy atom. The molecule has 1 saturated heterocycles. The number of nitrogens with one attached hydrogen (secondary N) is 1. The van der Waals surface area contributed by atoms with Gasteiger partial charge < -0.3 is 19.9 Å². The van der Waals surface area contributed by atoms with E-state index in [-0.39, 0.29) is 50.3 Å². The third kappa shape index (κ3) is 5.55. The molecule has 1 aromatic heterocycles. The van der Waals surface area contributed by atoms with Gasteiger partial charge in [0.1, 0.15) is 17.0 Å². The second kappa shape index (κ2) is 11.6. The fourth-order valence-electron chi connectivity index (χ4n) is 5.18. The van der Waals surface area contributed by atoms with Crippen molar-refractivity contribution in [1.82, 2.24) is 14.8 Å². The molecule has 0 atom stereocenters. The number of pyridine rings is 1. The van der Waals surface area contributed by atoms with Crippen LogP contribution in [-0.4, -0.2) is 51.5 Å². The van der Waals surface area contributed by atoms with E-state index < -0.39 is 22.5 Å². The molecule has 5 rings (SSSR count). The number of phenolic OH excluding ortho intramolecular Hbond substituents is 1. The first-order chi connectivity index (χ1) is 19.8. The summed E-state index contributed by atoms with van der Waals surface area (Å²) in [5.74, 6) is -0.792. The quantitative estimate of drug-likeness (QED) is 0.280. The Balaban J connectivity index is 1.53. The van der Waals surface area contributed by atoms with Gasteiger partial charge >= 0.3 is 11.4 Å². The number of aromatic amines is 1. The number of amides is 3. The Bertz CT molecular complexity index is 1640. The summed E-state index contributed by atoms with van der Waals surface area (Å²) in [7, 11) is 0. The van der Waals surface area contributed by atoms with Gasteiger partial charge in [0.15, 0.2) is 0 Å². The molecule has 2 aliphatic heterocycles. The molecular weight excluding hydrogens is 633 g/mol. The highest BCUT2D eigenvalue weighted by Crippen LogP contribution is 2.43. The molecule has 0 unspecified atom stereocenters. The number of phenols is 1.